The smallest absolute Gasteiger partial charge is 0.318 e. The van der Waals surface area contributed by atoms with Gasteiger partial charge in [0.2, 0.25) is 0 Å². The molecule has 0 aliphatic heterocycles. The Morgan fingerprint density at radius 1 is 1.24 bits per heavy atom. The van der Waals surface area contributed by atoms with Gasteiger partial charge in [0.1, 0.15) is 5.92 Å². The second kappa shape index (κ2) is 4.97. The molecule has 3 heteroatoms. The third-order valence-electron chi connectivity index (χ3n) is 2.95. The number of carbonyl (C=O) groups excluding carboxylic acids is 1. The third kappa shape index (κ3) is 2.29. The van der Waals surface area contributed by atoms with Gasteiger partial charge in [-0.3, -0.25) is 4.79 Å². The molecule has 0 bridgehead atoms. The lowest BCUT2D eigenvalue weighted by Gasteiger charge is -2.11. The Balaban J connectivity index is 2.44. The van der Waals surface area contributed by atoms with Crippen molar-refractivity contribution in [3.63, 3.8) is 0 Å². The van der Waals surface area contributed by atoms with Gasteiger partial charge >= 0.3 is 5.97 Å². The molecular formula is C14H16NO2+. The molecule has 3 nitrogen and oxygen atoms in total. The molecule has 0 aliphatic carbocycles. The van der Waals surface area contributed by atoms with Crippen LogP contribution in [0.5, 0.6) is 0 Å². The van der Waals surface area contributed by atoms with E-state index < -0.39 is 0 Å². The summed E-state index contributed by atoms with van der Waals surface area (Å²) in [6.07, 6.45) is 0. The van der Waals surface area contributed by atoms with Crippen molar-refractivity contribution >= 4 is 16.7 Å². The Kier molecular flexibility index (Phi) is 3.40. The summed E-state index contributed by atoms with van der Waals surface area (Å²) >= 11 is 0. The molecule has 0 amide bonds. The Bertz CT molecular complexity index is 536. The number of benzene rings is 2. The number of ether oxygens (including phenoxy) is 1. The second-order valence-electron chi connectivity index (χ2n) is 3.97. The van der Waals surface area contributed by atoms with Gasteiger partial charge in [-0.05, 0) is 16.3 Å². The molecule has 1 atom stereocenters. The highest BCUT2D eigenvalue weighted by molar-refractivity contribution is 5.85. The van der Waals surface area contributed by atoms with E-state index in [1.165, 1.54) is 12.5 Å². The van der Waals surface area contributed by atoms with E-state index in [0.29, 0.717) is 6.54 Å². The van der Waals surface area contributed by atoms with Crippen molar-refractivity contribution in [1.29, 1.82) is 0 Å². The maximum absolute atomic E-state index is 11.6. The van der Waals surface area contributed by atoms with Gasteiger partial charge in [0.25, 0.3) is 0 Å². The van der Waals surface area contributed by atoms with Gasteiger partial charge in [-0.25, -0.2) is 0 Å². The number of fused-ring (bicyclic) bond motifs is 1. The van der Waals surface area contributed by atoms with Crippen LogP contribution < -0.4 is 5.73 Å². The fourth-order valence-corrected chi connectivity index (χ4v) is 1.99. The molecule has 2 rings (SSSR count). The topological polar surface area (TPSA) is 53.9 Å². The number of hydrogen-bond acceptors (Lipinski definition) is 2. The summed E-state index contributed by atoms with van der Waals surface area (Å²) in [6.45, 7) is 0.505. The predicted octanol–water partition coefficient (Wildman–Crippen LogP) is 1.34. The molecule has 0 fully saturated rings. The average molecular weight is 230 g/mol. The number of quaternary nitrogens is 1. The van der Waals surface area contributed by atoms with Gasteiger partial charge in [-0.15, -0.1) is 0 Å². The molecule has 2 aromatic rings. The number of methoxy groups -OCH3 is 1. The van der Waals surface area contributed by atoms with E-state index in [-0.39, 0.29) is 11.9 Å². The molecule has 17 heavy (non-hydrogen) atoms. The Morgan fingerprint density at radius 2 is 1.94 bits per heavy atom. The van der Waals surface area contributed by atoms with E-state index in [2.05, 4.69) is 11.8 Å². The van der Waals surface area contributed by atoms with E-state index in [4.69, 9.17) is 4.74 Å². The van der Waals surface area contributed by atoms with E-state index in [9.17, 15) is 4.79 Å². The highest BCUT2D eigenvalue weighted by Gasteiger charge is 2.21. The van der Waals surface area contributed by atoms with Crippen LogP contribution in [-0.4, -0.2) is 19.6 Å². The van der Waals surface area contributed by atoms with Crippen molar-refractivity contribution < 1.29 is 15.3 Å². The molecule has 0 radical (unpaired) electrons. The summed E-state index contributed by atoms with van der Waals surface area (Å²) in [6, 6.07) is 14.1. The van der Waals surface area contributed by atoms with E-state index in [1.807, 2.05) is 36.4 Å². The highest BCUT2D eigenvalue weighted by atomic mass is 16.5. The van der Waals surface area contributed by atoms with Gasteiger partial charge in [-0.1, -0.05) is 42.5 Å². The first-order valence-electron chi connectivity index (χ1n) is 5.62. The minimum atomic E-state index is -0.274. The van der Waals surface area contributed by atoms with Crippen LogP contribution in [0.4, 0.5) is 0 Å². The highest BCUT2D eigenvalue weighted by Crippen LogP contribution is 2.21. The SMILES string of the molecule is COC(=O)C(C[NH3+])c1ccc2ccccc2c1. The number of hydrogen-bond donors (Lipinski definition) is 1. The van der Waals surface area contributed by atoms with Gasteiger partial charge in [-0.2, -0.15) is 0 Å². The van der Waals surface area contributed by atoms with Gasteiger partial charge < -0.3 is 10.5 Å². The minimum absolute atomic E-state index is 0.227. The monoisotopic (exact) mass is 230 g/mol. The second-order valence-corrected chi connectivity index (χ2v) is 3.97. The van der Waals surface area contributed by atoms with E-state index >= 15 is 0 Å². The van der Waals surface area contributed by atoms with Crippen LogP contribution in [0, 0.1) is 0 Å². The van der Waals surface area contributed by atoms with E-state index in [1.54, 1.807) is 0 Å². The van der Waals surface area contributed by atoms with Gasteiger partial charge in [0.05, 0.1) is 13.7 Å². The van der Waals surface area contributed by atoms with Crippen LogP contribution in [0.2, 0.25) is 0 Å². The standard InChI is InChI=1S/C14H15NO2/c1-17-14(16)13(9-15)12-7-6-10-4-2-3-5-11(10)8-12/h2-8,13H,9,15H2,1H3/p+1. The molecule has 88 valence electrons. The lowest BCUT2D eigenvalue weighted by molar-refractivity contribution is -0.370. The maximum atomic E-state index is 11.6. The third-order valence-corrected chi connectivity index (χ3v) is 2.95. The summed E-state index contributed by atoms with van der Waals surface area (Å²) in [5, 5.41) is 2.30. The normalized spacial score (nSPS) is 12.4. The summed E-state index contributed by atoms with van der Waals surface area (Å²) < 4.78 is 4.79. The first kappa shape index (κ1) is 11.6. The zero-order valence-electron chi connectivity index (χ0n) is 9.85. The summed E-state index contributed by atoms with van der Waals surface area (Å²) in [7, 11) is 1.41. The Hall–Kier alpha value is -1.87. The predicted molar refractivity (Wildman–Crippen MR) is 66.5 cm³/mol. The van der Waals surface area contributed by atoms with Crippen molar-refractivity contribution in [2.45, 2.75) is 5.92 Å². The van der Waals surface area contributed by atoms with Crippen molar-refractivity contribution in [3.05, 3.63) is 48.0 Å². The van der Waals surface area contributed by atoms with Crippen molar-refractivity contribution in [1.82, 2.24) is 0 Å². The summed E-state index contributed by atoms with van der Waals surface area (Å²) in [5.74, 6) is -0.500. The molecule has 0 saturated carbocycles. The summed E-state index contributed by atoms with van der Waals surface area (Å²) in [5.41, 5.74) is 4.77. The molecule has 0 heterocycles. The summed E-state index contributed by atoms with van der Waals surface area (Å²) in [4.78, 5) is 11.6. The van der Waals surface area contributed by atoms with Crippen LogP contribution in [-0.2, 0) is 9.53 Å². The molecule has 0 aliphatic rings. The van der Waals surface area contributed by atoms with Crippen LogP contribution in [0.25, 0.3) is 10.8 Å². The number of esters is 1. The van der Waals surface area contributed by atoms with Crippen molar-refractivity contribution in [2.24, 2.45) is 0 Å². The first-order valence-corrected chi connectivity index (χ1v) is 5.62. The molecule has 0 aromatic heterocycles. The molecule has 1 unspecified atom stereocenters. The maximum Gasteiger partial charge on any atom is 0.318 e. The Labute approximate surface area is 100 Å². The largest absolute Gasteiger partial charge is 0.468 e. The molecular weight excluding hydrogens is 214 g/mol. The van der Waals surface area contributed by atoms with Crippen LogP contribution >= 0.6 is 0 Å². The van der Waals surface area contributed by atoms with Crippen LogP contribution in [0.3, 0.4) is 0 Å². The Morgan fingerprint density at radius 3 is 2.59 bits per heavy atom. The minimum Gasteiger partial charge on any atom is -0.468 e. The van der Waals surface area contributed by atoms with Crippen LogP contribution in [0.15, 0.2) is 42.5 Å². The fraction of sp³-hybridized carbons (Fsp3) is 0.214. The number of rotatable bonds is 3. The van der Waals surface area contributed by atoms with Gasteiger partial charge in [0.15, 0.2) is 0 Å². The zero-order valence-corrected chi connectivity index (χ0v) is 9.85. The zero-order chi connectivity index (χ0) is 12.3. The molecule has 0 saturated heterocycles. The van der Waals surface area contributed by atoms with Crippen molar-refractivity contribution in [3.8, 4) is 0 Å². The first-order chi connectivity index (χ1) is 8.26. The molecule has 3 N–H and O–H groups in total. The van der Waals surface area contributed by atoms with Crippen molar-refractivity contribution in [2.75, 3.05) is 13.7 Å². The molecule has 2 aromatic carbocycles. The van der Waals surface area contributed by atoms with Crippen LogP contribution in [0.1, 0.15) is 11.5 Å². The quantitative estimate of drug-likeness (QED) is 0.809. The number of carbonyl (C=O) groups is 1. The fourth-order valence-electron chi connectivity index (χ4n) is 1.99. The lowest BCUT2D eigenvalue weighted by atomic mass is 9.96. The van der Waals surface area contributed by atoms with E-state index in [0.717, 1.165) is 10.9 Å². The average Bonchev–Trinajstić information content (AvgIpc) is 2.39. The van der Waals surface area contributed by atoms with Gasteiger partial charge in [0, 0.05) is 0 Å². The molecule has 0 spiro atoms. The lowest BCUT2D eigenvalue weighted by Crippen LogP contribution is -2.54.